The number of anilines is 1. The van der Waals surface area contributed by atoms with E-state index in [1.54, 1.807) is 0 Å². The van der Waals surface area contributed by atoms with Gasteiger partial charge in [0.2, 0.25) is 5.91 Å². The van der Waals surface area contributed by atoms with Crippen LogP contribution in [-0.2, 0) is 9.59 Å². The maximum Gasteiger partial charge on any atom is 0.327 e. The number of carboxylic acids is 1. The lowest BCUT2D eigenvalue weighted by molar-refractivity contribution is -0.158. The van der Waals surface area contributed by atoms with Crippen LogP contribution in [0.1, 0.15) is 19.4 Å². The van der Waals surface area contributed by atoms with Crippen molar-refractivity contribution in [2.24, 2.45) is 0 Å². The van der Waals surface area contributed by atoms with Crippen molar-refractivity contribution in [1.29, 1.82) is 0 Å². The molecular weight excluding hydrogens is 340 g/mol. The second kappa shape index (κ2) is 5.32. The maximum absolute atomic E-state index is 12.6. The third kappa shape index (κ3) is 2.35. The average Bonchev–Trinajstić information content (AvgIpc) is 2.81. The number of β-lactam (4-membered cyclic amide) rings is 1. The molecule has 130 valence electrons. The molecule has 2 N–H and O–H groups in total. The van der Waals surface area contributed by atoms with Crippen LogP contribution in [0.4, 0.5) is 5.82 Å². The van der Waals surface area contributed by atoms with E-state index < -0.39 is 22.8 Å². The Bertz CT molecular complexity index is 901. The molecule has 8 heteroatoms. The zero-order chi connectivity index (χ0) is 17.9. The van der Waals surface area contributed by atoms with Crippen LogP contribution in [0.25, 0.3) is 10.9 Å². The van der Waals surface area contributed by atoms with Gasteiger partial charge in [0.25, 0.3) is 0 Å². The number of hydrogen-bond donors (Lipinski definition) is 2. The van der Waals surface area contributed by atoms with Gasteiger partial charge in [0.1, 0.15) is 29.6 Å². The summed E-state index contributed by atoms with van der Waals surface area (Å²) in [6.07, 6.45) is 1.46. The molecule has 1 aromatic carbocycles. The molecule has 4 rings (SSSR count). The Morgan fingerprint density at radius 3 is 2.84 bits per heavy atom. The second-order valence-electron chi connectivity index (χ2n) is 6.96. The minimum Gasteiger partial charge on any atom is -0.480 e. The van der Waals surface area contributed by atoms with E-state index in [-0.39, 0.29) is 11.3 Å². The highest BCUT2D eigenvalue weighted by Crippen LogP contribution is 2.51. The fourth-order valence-corrected chi connectivity index (χ4v) is 5.20. The highest BCUT2D eigenvalue weighted by molar-refractivity contribution is 8.01. The van der Waals surface area contributed by atoms with Gasteiger partial charge in [0.15, 0.2) is 0 Å². The smallest absolute Gasteiger partial charge is 0.327 e. The molecule has 0 spiro atoms. The number of hydrogen-bond acceptors (Lipinski definition) is 6. The first-order chi connectivity index (χ1) is 11.8. The van der Waals surface area contributed by atoms with Gasteiger partial charge in [-0.15, -0.1) is 11.8 Å². The van der Waals surface area contributed by atoms with Gasteiger partial charge in [-0.25, -0.2) is 14.8 Å². The third-order valence-electron chi connectivity index (χ3n) is 4.76. The highest BCUT2D eigenvalue weighted by Gasteiger charge is 2.64. The first kappa shape index (κ1) is 16.1. The van der Waals surface area contributed by atoms with Crippen molar-refractivity contribution in [1.82, 2.24) is 14.9 Å². The van der Waals surface area contributed by atoms with Crippen molar-refractivity contribution in [3.8, 4) is 0 Å². The van der Waals surface area contributed by atoms with Crippen LogP contribution in [-0.4, -0.2) is 54.1 Å². The average molecular weight is 358 g/mol. The summed E-state index contributed by atoms with van der Waals surface area (Å²) < 4.78 is -0.535. The number of aryl methyl sites for hydroxylation is 1. The number of aliphatic carboxylic acids is 1. The molecule has 0 bridgehead atoms. The monoisotopic (exact) mass is 358 g/mol. The summed E-state index contributed by atoms with van der Waals surface area (Å²) in [5, 5.41) is 13.3. The van der Waals surface area contributed by atoms with Crippen molar-refractivity contribution >= 4 is 40.4 Å². The molecule has 3 atom stereocenters. The van der Waals surface area contributed by atoms with E-state index >= 15 is 0 Å². The number of carbonyl (C=O) groups excluding carboxylic acids is 1. The first-order valence-electron chi connectivity index (χ1n) is 8.00. The molecule has 0 aliphatic carbocycles. The van der Waals surface area contributed by atoms with Gasteiger partial charge < -0.3 is 15.3 Å². The molecular formula is C17H18N4O3S. The van der Waals surface area contributed by atoms with E-state index in [9.17, 15) is 14.7 Å². The fourth-order valence-electron chi connectivity index (χ4n) is 3.58. The topological polar surface area (TPSA) is 95.4 Å². The number of aromatic nitrogens is 2. The molecule has 2 aliphatic heterocycles. The van der Waals surface area contributed by atoms with Crippen molar-refractivity contribution in [2.75, 3.05) is 5.32 Å². The van der Waals surface area contributed by atoms with Gasteiger partial charge in [-0.1, -0.05) is 11.6 Å². The van der Waals surface area contributed by atoms with Gasteiger partial charge in [-0.3, -0.25) is 4.79 Å². The Hall–Kier alpha value is -2.35. The van der Waals surface area contributed by atoms with Crippen molar-refractivity contribution < 1.29 is 14.7 Å². The summed E-state index contributed by atoms with van der Waals surface area (Å²) in [6.45, 7) is 5.71. The lowest BCUT2D eigenvalue weighted by Crippen LogP contribution is -2.68. The van der Waals surface area contributed by atoms with Gasteiger partial charge in [-0.2, -0.15) is 0 Å². The lowest BCUT2D eigenvalue weighted by Gasteiger charge is -2.43. The predicted molar refractivity (Wildman–Crippen MR) is 95.4 cm³/mol. The van der Waals surface area contributed by atoms with Crippen molar-refractivity contribution in [3.63, 3.8) is 0 Å². The number of rotatable bonds is 3. The fraction of sp³-hybridized carbons (Fsp3) is 0.412. The number of carboxylic acid groups (broad SMARTS) is 1. The maximum atomic E-state index is 12.6. The number of nitrogens with zero attached hydrogens (tertiary/aromatic N) is 3. The predicted octanol–water partition coefficient (Wildman–Crippen LogP) is 1.87. The van der Waals surface area contributed by atoms with Crippen LogP contribution in [0.5, 0.6) is 0 Å². The Labute approximate surface area is 148 Å². The van der Waals surface area contributed by atoms with Crippen LogP contribution in [0.3, 0.4) is 0 Å². The summed E-state index contributed by atoms with van der Waals surface area (Å²) in [4.78, 5) is 34.2. The van der Waals surface area contributed by atoms with E-state index in [0.717, 1.165) is 16.5 Å². The summed E-state index contributed by atoms with van der Waals surface area (Å²) in [5.74, 6) is -0.561. The number of carbonyl (C=O) groups is 2. The number of fused-ring (bicyclic) bond motifs is 2. The van der Waals surface area contributed by atoms with Gasteiger partial charge in [-0.05, 0) is 32.9 Å². The molecule has 0 radical (unpaired) electrons. The van der Waals surface area contributed by atoms with Crippen LogP contribution in [0.2, 0.25) is 0 Å². The highest BCUT2D eigenvalue weighted by atomic mass is 32.2. The molecule has 7 nitrogen and oxygen atoms in total. The molecule has 3 unspecified atom stereocenters. The molecule has 2 fully saturated rings. The number of nitrogens with one attached hydrogen (secondary N) is 1. The summed E-state index contributed by atoms with van der Waals surface area (Å²) >= 11 is 1.51. The molecule has 2 saturated heterocycles. The third-order valence-corrected chi connectivity index (χ3v) is 6.33. The molecule has 1 aromatic heterocycles. The quantitative estimate of drug-likeness (QED) is 0.809. The minimum atomic E-state index is -0.963. The number of amides is 1. The Kier molecular flexibility index (Phi) is 3.44. The van der Waals surface area contributed by atoms with E-state index in [2.05, 4.69) is 15.3 Å². The van der Waals surface area contributed by atoms with Crippen LogP contribution in [0.15, 0.2) is 24.5 Å². The second-order valence-corrected chi connectivity index (χ2v) is 8.73. The number of benzene rings is 1. The van der Waals surface area contributed by atoms with E-state index in [0.29, 0.717) is 5.82 Å². The summed E-state index contributed by atoms with van der Waals surface area (Å²) in [6, 6.07) is 4.58. The number of thioether (sulfide) groups is 1. The Balaban J connectivity index is 1.65. The molecule has 2 aromatic rings. The van der Waals surface area contributed by atoms with Crippen LogP contribution in [0, 0.1) is 6.92 Å². The Morgan fingerprint density at radius 2 is 2.12 bits per heavy atom. The molecule has 0 saturated carbocycles. The van der Waals surface area contributed by atoms with Gasteiger partial charge in [0.05, 0.1) is 5.52 Å². The van der Waals surface area contributed by atoms with Crippen molar-refractivity contribution in [2.45, 2.75) is 43.0 Å². The van der Waals surface area contributed by atoms with Gasteiger partial charge >= 0.3 is 5.97 Å². The largest absolute Gasteiger partial charge is 0.480 e. The standard InChI is InChI=1S/C17H18N4O3S/c1-8-4-5-10-9(6-8)13(19-7-18-10)20-11-14(22)21-12(16(23)24)17(2,3)25-15(11)21/h4-7,11-12,15H,1-3H3,(H,23,24)(H,18,19,20). The van der Waals surface area contributed by atoms with E-state index in [1.165, 1.54) is 23.0 Å². The Morgan fingerprint density at radius 1 is 1.36 bits per heavy atom. The van der Waals surface area contributed by atoms with Crippen LogP contribution >= 0.6 is 11.8 Å². The molecule has 3 heterocycles. The SMILES string of the molecule is Cc1ccc2ncnc(NC3C(=O)N4C3SC(C)(C)C4C(=O)O)c2c1. The summed E-state index contributed by atoms with van der Waals surface area (Å²) in [7, 11) is 0. The van der Waals surface area contributed by atoms with E-state index in [4.69, 9.17) is 0 Å². The van der Waals surface area contributed by atoms with Crippen LogP contribution < -0.4 is 5.32 Å². The zero-order valence-corrected chi connectivity index (χ0v) is 14.9. The van der Waals surface area contributed by atoms with Crippen molar-refractivity contribution in [3.05, 3.63) is 30.1 Å². The van der Waals surface area contributed by atoms with E-state index in [1.807, 2.05) is 39.0 Å². The normalized spacial score (nSPS) is 27.1. The zero-order valence-electron chi connectivity index (χ0n) is 14.1. The van der Waals surface area contributed by atoms with Gasteiger partial charge in [0, 0.05) is 10.1 Å². The molecule has 25 heavy (non-hydrogen) atoms. The lowest BCUT2D eigenvalue weighted by atomic mass is 9.96. The molecule has 1 amide bonds. The minimum absolute atomic E-state index is 0.199. The first-order valence-corrected chi connectivity index (χ1v) is 8.88. The summed E-state index contributed by atoms with van der Waals surface area (Å²) in [5.41, 5.74) is 1.88. The molecule has 2 aliphatic rings.